The highest BCUT2D eigenvalue weighted by Gasteiger charge is 2.26. The average molecular weight is 386 g/mol. The van der Waals surface area contributed by atoms with Crippen LogP contribution in [-0.2, 0) is 24.3 Å². The van der Waals surface area contributed by atoms with Crippen LogP contribution in [0.15, 0.2) is 29.2 Å². The molecule has 0 bridgehead atoms. The van der Waals surface area contributed by atoms with Gasteiger partial charge in [0, 0.05) is 19.6 Å². The normalized spacial score (nSPS) is 18.0. The number of nitrogens with zero attached hydrogens (tertiary/aromatic N) is 2. The van der Waals surface area contributed by atoms with Crippen molar-refractivity contribution in [3.05, 3.63) is 30.1 Å². The molecule has 1 fully saturated rings. The molecule has 0 spiro atoms. The molecule has 1 saturated heterocycles. The second-order valence-electron chi connectivity index (χ2n) is 6.31. The zero-order valence-electron chi connectivity index (χ0n) is 14.9. The molecule has 1 heterocycles. The summed E-state index contributed by atoms with van der Waals surface area (Å²) in [6.45, 7) is 1.63. The molecule has 9 heteroatoms. The van der Waals surface area contributed by atoms with Crippen LogP contribution in [0.25, 0.3) is 0 Å². The molecule has 1 atom stereocenters. The largest absolute Gasteiger partial charge is 0.455 e. The van der Waals surface area contributed by atoms with Crippen molar-refractivity contribution in [2.45, 2.75) is 37.1 Å². The Labute approximate surface area is 152 Å². The van der Waals surface area contributed by atoms with Gasteiger partial charge in [-0.05, 0) is 50.5 Å². The van der Waals surface area contributed by atoms with E-state index in [1.807, 2.05) is 6.92 Å². The van der Waals surface area contributed by atoms with Crippen LogP contribution in [0.1, 0.15) is 26.2 Å². The monoisotopic (exact) mass is 386 g/mol. The lowest BCUT2D eigenvalue weighted by molar-refractivity contribution is -0.153. The van der Waals surface area contributed by atoms with Crippen LogP contribution in [0.2, 0.25) is 0 Å². The maximum Gasteiger partial charge on any atom is 0.321 e. The molecule has 1 aliphatic rings. The van der Waals surface area contributed by atoms with E-state index in [0.29, 0.717) is 6.54 Å². The summed E-state index contributed by atoms with van der Waals surface area (Å²) in [7, 11) is -2.73. The number of hydrogen-bond donors (Lipinski definition) is 0. The zero-order valence-corrected chi connectivity index (χ0v) is 15.7. The van der Waals surface area contributed by atoms with Gasteiger partial charge in [-0.3, -0.25) is 9.59 Å². The average Bonchev–Trinajstić information content (AvgIpc) is 2.60. The number of carbonyl (C=O) groups excluding carboxylic acids is 2. The van der Waals surface area contributed by atoms with Gasteiger partial charge in [-0.1, -0.05) is 0 Å². The third-order valence-corrected chi connectivity index (χ3v) is 6.17. The summed E-state index contributed by atoms with van der Waals surface area (Å²) < 4.78 is 43.3. The first-order valence-electron chi connectivity index (χ1n) is 8.39. The van der Waals surface area contributed by atoms with E-state index in [-0.39, 0.29) is 16.8 Å². The molecule has 0 N–H and O–H groups in total. The van der Waals surface area contributed by atoms with Crippen molar-refractivity contribution >= 4 is 21.9 Å². The number of halogens is 1. The lowest BCUT2D eigenvalue weighted by Gasteiger charge is -2.33. The summed E-state index contributed by atoms with van der Waals surface area (Å²) in [5, 5.41) is 0. The lowest BCUT2D eigenvalue weighted by atomic mass is 10.0. The van der Waals surface area contributed by atoms with Gasteiger partial charge in [0.1, 0.15) is 12.4 Å². The summed E-state index contributed by atoms with van der Waals surface area (Å²) in [6.07, 6.45) is 2.90. The number of hydrogen-bond acceptors (Lipinski definition) is 5. The quantitative estimate of drug-likeness (QED) is 0.690. The Kier molecular flexibility index (Phi) is 6.71. The van der Waals surface area contributed by atoms with E-state index < -0.39 is 35.0 Å². The number of rotatable bonds is 6. The Balaban J connectivity index is 1.88. The number of piperidine rings is 1. The highest BCUT2D eigenvalue weighted by atomic mass is 32.2. The molecule has 7 nitrogen and oxygen atoms in total. The Hall–Kier alpha value is -2.00. The molecule has 1 aromatic carbocycles. The topological polar surface area (TPSA) is 84.0 Å². The van der Waals surface area contributed by atoms with Crippen molar-refractivity contribution in [3.8, 4) is 0 Å². The zero-order chi connectivity index (χ0) is 19.3. The smallest absolute Gasteiger partial charge is 0.321 e. The minimum Gasteiger partial charge on any atom is -0.455 e. The van der Waals surface area contributed by atoms with Crippen molar-refractivity contribution in [1.82, 2.24) is 9.21 Å². The number of carbonyl (C=O) groups is 2. The Bertz CT molecular complexity index is 751. The highest BCUT2D eigenvalue weighted by molar-refractivity contribution is 7.89. The first kappa shape index (κ1) is 20.3. The van der Waals surface area contributed by atoms with Gasteiger partial charge in [-0.15, -0.1) is 0 Å². The molecular weight excluding hydrogens is 363 g/mol. The van der Waals surface area contributed by atoms with E-state index in [2.05, 4.69) is 0 Å². The molecule has 144 valence electrons. The molecule has 26 heavy (non-hydrogen) atoms. The van der Waals surface area contributed by atoms with Crippen LogP contribution in [0, 0.1) is 5.82 Å². The molecule has 1 aromatic rings. The minimum atomic E-state index is -3.95. The number of likely N-dealkylation sites (tertiary alicyclic amines) is 1. The van der Waals surface area contributed by atoms with Gasteiger partial charge < -0.3 is 9.64 Å². The molecule has 0 unspecified atom stereocenters. The summed E-state index contributed by atoms with van der Waals surface area (Å²) in [5.41, 5.74) is 0. The summed E-state index contributed by atoms with van der Waals surface area (Å²) in [4.78, 5) is 25.6. The van der Waals surface area contributed by atoms with Crippen molar-refractivity contribution in [3.63, 3.8) is 0 Å². The van der Waals surface area contributed by atoms with Crippen molar-refractivity contribution in [2.75, 3.05) is 26.7 Å². The van der Waals surface area contributed by atoms with Gasteiger partial charge in [0.2, 0.25) is 10.0 Å². The number of esters is 1. The fraction of sp³-hybridized carbons (Fsp3) is 0.529. The Morgan fingerprint density at radius 1 is 1.27 bits per heavy atom. The Morgan fingerprint density at radius 2 is 1.92 bits per heavy atom. The Morgan fingerprint density at radius 3 is 2.54 bits per heavy atom. The third-order valence-electron chi connectivity index (χ3n) is 4.35. The van der Waals surface area contributed by atoms with E-state index >= 15 is 0 Å². The fourth-order valence-electron chi connectivity index (χ4n) is 2.79. The number of likely N-dealkylation sites (N-methyl/N-ethyl adjacent to an activating group) is 1. The van der Waals surface area contributed by atoms with E-state index in [0.717, 1.165) is 47.8 Å². The molecule has 2 rings (SSSR count). The van der Waals surface area contributed by atoms with E-state index in [1.54, 1.807) is 4.90 Å². The molecular formula is C17H23FN2O5S. The molecule has 0 aliphatic carbocycles. The predicted octanol–water partition coefficient (Wildman–Crippen LogP) is 1.39. The van der Waals surface area contributed by atoms with Gasteiger partial charge in [0.05, 0.1) is 4.90 Å². The first-order valence-corrected chi connectivity index (χ1v) is 9.83. The van der Waals surface area contributed by atoms with E-state index in [1.165, 1.54) is 7.05 Å². The highest BCUT2D eigenvalue weighted by Crippen LogP contribution is 2.17. The second kappa shape index (κ2) is 8.59. The van der Waals surface area contributed by atoms with Crippen LogP contribution < -0.4 is 0 Å². The number of amides is 1. The molecule has 1 amide bonds. The van der Waals surface area contributed by atoms with Gasteiger partial charge in [0.15, 0.2) is 6.61 Å². The molecule has 0 radical (unpaired) electrons. The number of sulfonamides is 1. The van der Waals surface area contributed by atoms with E-state index in [4.69, 9.17) is 4.74 Å². The maximum atomic E-state index is 12.9. The van der Waals surface area contributed by atoms with Crippen LogP contribution in [0.5, 0.6) is 0 Å². The number of benzene rings is 1. The van der Waals surface area contributed by atoms with Crippen LogP contribution >= 0.6 is 0 Å². The summed E-state index contributed by atoms with van der Waals surface area (Å²) >= 11 is 0. The summed E-state index contributed by atoms with van der Waals surface area (Å²) in [5.74, 6) is -1.66. The van der Waals surface area contributed by atoms with Gasteiger partial charge >= 0.3 is 5.97 Å². The lowest BCUT2D eigenvalue weighted by Crippen LogP contribution is -2.44. The van der Waals surface area contributed by atoms with Crippen LogP contribution in [-0.4, -0.2) is 62.3 Å². The fourth-order valence-corrected chi connectivity index (χ4v) is 3.91. The first-order chi connectivity index (χ1) is 12.2. The number of ether oxygens (including phenoxy) is 1. The van der Waals surface area contributed by atoms with Crippen molar-refractivity contribution in [2.24, 2.45) is 0 Å². The second-order valence-corrected chi connectivity index (χ2v) is 8.35. The van der Waals surface area contributed by atoms with Gasteiger partial charge in [0.25, 0.3) is 5.91 Å². The van der Waals surface area contributed by atoms with Crippen LogP contribution in [0.4, 0.5) is 4.39 Å². The third kappa shape index (κ3) is 5.01. The molecule has 1 aliphatic heterocycles. The molecule has 0 aromatic heterocycles. The van der Waals surface area contributed by atoms with Gasteiger partial charge in [-0.25, -0.2) is 12.8 Å². The molecule has 0 saturated carbocycles. The van der Waals surface area contributed by atoms with Crippen molar-refractivity contribution in [1.29, 1.82) is 0 Å². The minimum absolute atomic E-state index is 0.108. The van der Waals surface area contributed by atoms with Gasteiger partial charge in [-0.2, -0.15) is 4.31 Å². The summed E-state index contributed by atoms with van der Waals surface area (Å²) in [6, 6.07) is 4.40. The predicted molar refractivity (Wildman–Crippen MR) is 92.2 cm³/mol. The van der Waals surface area contributed by atoms with Crippen LogP contribution in [0.3, 0.4) is 0 Å². The SMILES string of the molecule is C[C@H]1CCCCN1C(=O)COC(=O)CN(C)S(=O)(=O)c1ccc(F)cc1. The van der Waals surface area contributed by atoms with E-state index in [9.17, 15) is 22.4 Å². The van der Waals surface area contributed by atoms with Crippen molar-refractivity contribution < 1.29 is 27.1 Å². The maximum absolute atomic E-state index is 12.9. The standard InChI is InChI=1S/C17H23FN2O5S/c1-13-5-3-4-10-20(13)16(21)12-25-17(22)11-19(2)26(23,24)15-8-6-14(18)7-9-15/h6-9,13H,3-5,10-12H2,1-2H3/t13-/m0/s1.